The Hall–Kier alpha value is -2.63. The van der Waals surface area contributed by atoms with Gasteiger partial charge < -0.3 is 15.0 Å². The minimum absolute atomic E-state index is 0.478. The van der Waals surface area contributed by atoms with Crippen LogP contribution in [0.3, 0.4) is 0 Å². The Kier molecular flexibility index (Phi) is 3.43. The maximum Gasteiger partial charge on any atom is 0.180 e. The summed E-state index contributed by atoms with van der Waals surface area (Å²) in [7, 11) is 0. The van der Waals surface area contributed by atoms with Crippen molar-refractivity contribution >= 4 is 17.3 Å². The first-order valence-corrected chi connectivity index (χ1v) is 6.94. The lowest BCUT2D eigenvalue weighted by molar-refractivity contribution is 0.790. The smallest absolute Gasteiger partial charge is 0.180 e. The third-order valence-corrected chi connectivity index (χ3v) is 3.36. The van der Waals surface area contributed by atoms with Crippen molar-refractivity contribution < 1.29 is 0 Å². The van der Waals surface area contributed by atoms with E-state index in [4.69, 9.17) is 5.73 Å². The predicted octanol–water partition coefficient (Wildman–Crippen LogP) is 2.04. The van der Waals surface area contributed by atoms with Gasteiger partial charge in [-0.05, 0) is 26.0 Å². The van der Waals surface area contributed by atoms with E-state index in [9.17, 15) is 0 Å². The minimum Gasteiger partial charge on any atom is -0.382 e. The lowest BCUT2D eigenvalue weighted by Gasteiger charge is -2.22. The molecule has 3 rings (SSSR count). The lowest BCUT2D eigenvalue weighted by Crippen LogP contribution is -2.25. The van der Waals surface area contributed by atoms with Gasteiger partial charge >= 0.3 is 0 Å². The highest BCUT2D eigenvalue weighted by Crippen LogP contribution is 2.21. The number of anilines is 2. The summed E-state index contributed by atoms with van der Waals surface area (Å²) in [5.74, 6) is 1.26. The number of nitrogen functional groups attached to an aromatic ring is 1. The van der Waals surface area contributed by atoms with Gasteiger partial charge in [0.15, 0.2) is 11.5 Å². The molecule has 0 radical (unpaired) electrons. The number of nitrogens with two attached hydrogens (primary N) is 1. The Balaban J connectivity index is 2.00. The summed E-state index contributed by atoms with van der Waals surface area (Å²) < 4.78 is 1.89. The molecular weight excluding hydrogens is 264 g/mol. The molecule has 3 heterocycles. The maximum atomic E-state index is 5.89. The quantitative estimate of drug-likeness (QED) is 0.792. The van der Waals surface area contributed by atoms with E-state index in [0.29, 0.717) is 12.4 Å². The molecule has 0 aromatic carbocycles. The Labute approximate surface area is 123 Å². The van der Waals surface area contributed by atoms with Crippen LogP contribution in [0.25, 0.3) is 5.65 Å². The summed E-state index contributed by atoms with van der Waals surface area (Å²) in [4.78, 5) is 15.5. The zero-order valence-electron chi connectivity index (χ0n) is 12.2. The van der Waals surface area contributed by atoms with Gasteiger partial charge in [0, 0.05) is 24.6 Å². The van der Waals surface area contributed by atoms with Crippen LogP contribution in [0.15, 0.2) is 36.8 Å². The van der Waals surface area contributed by atoms with E-state index in [1.54, 1.807) is 12.4 Å². The molecule has 6 heteroatoms. The van der Waals surface area contributed by atoms with Gasteiger partial charge in [0.1, 0.15) is 5.82 Å². The largest absolute Gasteiger partial charge is 0.382 e. The molecule has 0 amide bonds. The maximum absolute atomic E-state index is 5.89. The molecule has 0 atom stereocenters. The molecule has 0 unspecified atom stereocenters. The third-order valence-electron chi connectivity index (χ3n) is 3.36. The fraction of sp³-hybridized carbons (Fsp3) is 0.267. The molecule has 0 aliphatic rings. The highest BCUT2D eigenvalue weighted by molar-refractivity contribution is 5.66. The molecule has 2 N–H and O–H groups in total. The van der Waals surface area contributed by atoms with Gasteiger partial charge in [0.2, 0.25) is 0 Å². The second kappa shape index (κ2) is 5.40. The van der Waals surface area contributed by atoms with Gasteiger partial charge in [-0.3, -0.25) is 4.98 Å². The van der Waals surface area contributed by atoms with E-state index in [2.05, 4.69) is 26.8 Å². The topological polar surface area (TPSA) is 72.3 Å². The number of imidazole rings is 1. The standard InChI is InChI=1S/C15H18N6/c1-3-20(9-12-6-4-5-11(2)18-12)15-14-17-7-8-21(14)10-13(16)19-15/h4-8,10H,3,9,16H2,1-2H3. The first-order valence-electron chi connectivity index (χ1n) is 6.94. The van der Waals surface area contributed by atoms with Crippen molar-refractivity contribution in [3.8, 4) is 0 Å². The number of aryl methyl sites for hydroxylation is 1. The molecule has 0 saturated heterocycles. The summed E-state index contributed by atoms with van der Waals surface area (Å²) >= 11 is 0. The molecule has 3 aromatic rings. The van der Waals surface area contributed by atoms with Crippen molar-refractivity contribution in [3.63, 3.8) is 0 Å². The molecule has 0 aliphatic heterocycles. The third kappa shape index (κ3) is 2.65. The zero-order valence-corrected chi connectivity index (χ0v) is 12.2. The highest BCUT2D eigenvalue weighted by Gasteiger charge is 2.14. The van der Waals surface area contributed by atoms with Crippen molar-refractivity contribution in [2.24, 2.45) is 0 Å². The fourth-order valence-corrected chi connectivity index (χ4v) is 2.37. The Morgan fingerprint density at radius 2 is 2.14 bits per heavy atom. The van der Waals surface area contributed by atoms with Gasteiger partial charge in [-0.2, -0.15) is 0 Å². The molecule has 6 nitrogen and oxygen atoms in total. The predicted molar refractivity (Wildman–Crippen MR) is 83.1 cm³/mol. The van der Waals surface area contributed by atoms with E-state index >= 15 is 0 Å². The summed E-state index contributed by atoms with van der Waals surface area (Å²) in [6.07, 6.45) is 5.39. The van der Waals surface area contributed by atoms with Gasteiger partial charge in [-0.25, -0.2) is 9.97 Å². The van der Waals surface area contributed by atoms with E-state index in [1.165, 1.54) is 0 Å². The fourth-order valence-electron chi connectivity index (χ4n) is 2.37. The molecule has 0 saturated carbocycles. The van der Waals surface area contributed by atoms with E-state index < -0.39 is 0 Å². The molecule has 0 aliphatic carbocycles. The number of rotatable bonds is 4. The van der Waals surface area contributed by atoms with Crippen molar-refractivity contribution in [2.75, 3.05) is 17.2 Å². The Morgan fingerprint density at radius 3 is 2.90 bits per heavy atom. The second-order valence-corrected chi connectivity index (χ2v) is 4.93. The van der Waals surface area contributed by atoms with Crippen LogP contribution in [-0.4, -0.2) is 25.9 Å². The van der Waals surface area contributed by atoms with Crippen molar-refractivity contribution in [2.45, 2.75) is 20.4 Å². The van der Waals surface area contributed by atoms with Crippen molar-refractivity contribution in [1.29, 1.82) is 0 Å². The van der Waals surface area contributed by atoms with Crippen LogP contribution in [0.1, 0.15) is 18.3 Å². The van der Waals surface area contributed by atoms with Crippen LogP contribution in [0.5, 0.6) is 0 Å². The molecular formula is C15H18N6. The first kappa shape index (κ1) is 13.4. The summed E-state index contributed by atoms with van der Waals surface area (Å²) in [5.41, 5.74) is 8.71. The summed E-state index contributed by atoms with van der Waals surface area (Å²) in [6.45, 7) is 5.55. The van der Waals surface area contributed by atoms with Gasteiger partial charge in [0.25, 0.3) is 0 Å². The van der Waals surface area contributed by atoms with Crippen LogP contribution in [0, 0.1) is 6.92 Å². The van der Waals surface area contributed by atoms with Crippen molar-refractivity contribution in [3.05, 3.63) is 48.2 Å². The molecule has 0 bridgehead atoms. The van der Waals surface area contributed by atoms with Crippen LogP contribution in [-0.2, 0) is 6.54 Å². The zero-order chi connectivity index (χ0) is 14.8. The number of pyridine rings is 1. The summed E-state index contributed by atoms with van der Waals surface area (Å²) in [6, 6.07) is 6.03. The van der Waals surface area contributed by atoms with Gasteiger partial charge in [0.05, 0.1) is 18.4 Å². The lowest BCUT2D eigenvalue weighted by atomic mass is 10.3. The second-order valence-electron chi connectivity index (χ2n) is 4.93. The average Bonchev–Trinajstić information content (AvgIpc) is 2.92. The number of fused-ring (bicyclic) bond motifs is 1. The van der Waals surface area contributed by atoms with Crippen LogP contribution >= 0.6 is 0 Å². The van der Waals surface area contributed by atoms with Gasteiger partial charge in [-0.1, -0.05) is 6.07 Å². The summed E-state index contributed by atoms with van der Waals surface area (Å²) in [5, 5.41) is 0. The van der Waals surface area contributed by atoms with Crippen LogP contribution in [0.2, 0.25) is 0 Å². The SMILES string of the molecule is CCN(Cc1cccc(C)n1)c1nc(N)cn2ccnc12. The molecule has 21 heavy (non-hydrogen) atoms. The molecule has 0 spiro atoms. The van der Waals surface area contributed by atoms with Gasteiger partial charge in [-0.15, -0.1) is 0 Å². The van der Waals surface area contributed by atoms with E-state index in [0.717, 1.165) is 29.4 Å². The van der Waals surface area contributed by atoms with Crippen LogP contribution in [0.4, 0.5) is 11.6 Å². The minimum atomic E-state index is 0.478. The molecule has 0 fully saturated rings. The number of nitrogens with zero attached hydrogens (tertiary/aromatic N) is 5. The monoisotopic (exact) mass is 282 g/mol. The molecule has 3 aromatic heterocycles. The number of hydrogen-bond acceptors (Lipinski definition) is 5. The van der Waals surface area contributed by atoms with E-state index in [-0.39, 0.29) is 0 Å². The van der Waals surface area contributed by atoms with Crippen molar-refractivity contribution in [1.82, 2.24) is 19.4 Å². The Morgan fingerprint density at radius 1 is 1.29 bits per heavy atom. The normalized spacial score (nSPS) is 11.0. The number of hydrogen-bond donors (Lipinski definition) is 1. The Bertz CT molecular complexity index is 764. The first-order chi connectivity index (χ1) is 10.2. The highest BCUT2D eigenvalue weighted by atomic mass is 15.2. The van der Waals surface area contributed by atoms with Crippen LogP contribution < -0.4 is 10.6 Å². The average molecular weight is 282 g/mol. The number of aromatic nitrogens is 4. The molecule has 108 valence electrons. The van der Waals surface area contributed by atoms with E-state index in [1.807, 2.05) is 35.7 Å².